The molecule has 0 aromatic heterocycles. The molecule has 5 rings (SSSR count). The number of amidine groups is 1. The minimum Gasteiger partial charge on any atom is -0.488 e. The van der Waals surface area contributed by atoms with Gasteiger partial charge in [0.15, 0.2) is 5.17 Å². The average Bonchev–Trinajstić information content (AvgIpc) is 3.22. The zero-order valence-electron chi connectivity index (χ0n) is 20.3. The lowest BCUT2D eigenvalue weighted by molar-refractivity contribution is -0.384. The number of nitro groups is 1. The highest BCUT2D eigenvalue weighted by Crippen LogP contribution is 2.38. The maximum absolute atomic E-state index is 13.3. The van der Waals surface area contributed by atoms with Crippen molar-refractivity contribution in [2.24, 2.45) is 4.99 Å². The van der Waals surface area contributed by atoms with Crippen LogP contribution in [0.2, 0.25) is 0 Å². The lowest BCUT2D eigenvalue weighted by Crippen LogP contribution is -2.28. The third-order valence-corrected chi connectivity index (χ3v) is 6.98. The molecule has 7 nitrogen and oxygen atoms in total. The fourth-order valence-electron chi connectivity index (χ4n) is 4.10. The van der Waals surface area contributed by atoms with E-state index in [9.17, 15) is 19.3 Å². The summed E-state index contributed by atoms with van der Waals surface area (Å²) in [5.74, 6) is 0.00429. The number of ether oxygens (including phenoxy) is 1. The molecule has 0 unspecified atom stereocenters. The number of rotatable bonds is 7. The van der Waals surface area contributed by atoms with Gasteiger partial charge in [0.2, 0.25) is 0 Å². The first-order chi connectivity index (χ1) is 18.4. The van der Waals surface area contributed by atoms with Crippen LogP contribution in [0.15, 0.2) is 94.8 Å². The van der Waals surface area contributed by atoms with Crippen LogP contribution in [0.25, 0.3) is 16.8 Å². The van der Waals surface area contributed by atoms with Crippen LogP contribution < -0.4 is 4.74 Å². The van der Waals surface area contributed by atoms with Gasteiger partial charge < -0.3 is 4.74 Å². The van der Waals surface area contributed by atoms with Gasteiger partial charge in [-0.15, -0.1) is 0 Å². The molecule has 1 aliphatic heterocycles. The number of fused-ring (bicyclic) bond motifs is 1. The van der Waals surface area contributed by atoms with E-state index in [2.05, 4.69) is 4.99 Å². The van der Waals surface area contributed by atoms with Crippen LogP contribution in [0.5, 0.6) is 5.75 Å². The third kappa shape index (κ3) is 5.28. The summed E-state index contributed by atoms with van der Waals surface area (Å²) in [4.78, 5) is 30.6. The zero-order valence-corrected chi connectivity index (χ0v) is 21.2. The number of thioether (sulfide) groups is 1. The van der Waals surface area contributed by atoms with Gasteiger partial charge in [0.25, 0.3) is 11.6 Å². The Morgan fingerprint density at radius 2 is 1.84 bits per heavy atom. The summed E-state index contributed by atoms with van der Waals surface area (Å²) in [6.45, 7) is 2.41. The largest absolute Gasteiger partial charge is 0.488 e. The molecule has 1 amide bonds. The molecule has 0 bridgehead atoms. The van der Waals surface area contributed by atoms with Crippen molar-refractivity contribution in [1.82, 2.24) is 4.90 Å². The summed E-state index contributed by atoms with van der Waals surface area (Å²) in [7, 11) is 0. The zero-order chi connectivity index (χ0) is 26.6. The average molecular weight is 528 g/mol. The molecule has 1 heterocycles. The van der Waals surface area contributed by atoms with Crippen LogP contribution in [0.4, 0.5) is 15.8 Å². The fraction of sp³-hybridized carbons (Fsp3) is 0.103. The second-order valence-electron chi connectivity index (χ2n) is 8.45. The van der Waals surface area contributed by atoms with Crippen molar-refractivity contribution >= 4 is 51.1 Å². The Morgan fingerprint density at radius 3 is 2.61 bits per heavy atom. The molecule has 0 radical (unpaired) electrons. The maximum atomic E-state index is 13.3. The number of hydrogen-bond acceptors (Lipinski definition) is 6. The highest BCUT2D eigenvalue weighted by Gasteiger charge is 2.32. The molecule has 4 aromatic rings. The van der Waals surface area contributed by atoms with E-state index in [4.69, 9.17) is 4.74 Å². The number of carbonyl (C=O) groups is 1. The van der Waals surface area contributed by atoms with Crippen molar-refractivity contribution in [2.75, 3.05) is 6.54 Å². The Labute approximate surface area is 222 Å². The second kappa shape index (κ2) is 10.9. The predicted octanol–water partition coefficient (Wildman–Crippen LogP) is 7.09. The van der Waals surface area contributed by atoms with E-state index in [-0.39, 0.29) is 24.0 Å². The number of amides is 1. The monoisotopic (exact) mass is 527 g/mol. The van der Waals surface area contributed by atoms with Crippen LogP contribution in [0, 0.1) is 15.9 Å². The Morgan fingerprint density at radius 1 is 1.05 bits per heavy atom. The Bertz CT molecular complexity index is 1600. The van der Waals surface area contributed by atoms with Crippen LogP contribution in [-0.4, -0.2) is 27.4 Å². The molecule has 0 N–H and O–H groups in total. The van der Waals surface area contributed by atoms with E-state index in [0.717, 1.165) is 16.3 Å². The summed E-state index contributed by atoms with van der Waals surface area (Å²) in [5.41, 5.74) is 1.92. The lowest BCUT2D eigenvalue weighted by Gasteiger charge is -2.13. The summed E-state index contributed by atoms with van der Waals surface area (Å²) >= 11 is 1.25. The van der Waals surface area contributed by atoms with Crippen LogP contribution >= 0.6 is 11.8 Å². The molecule has 0 atom stereocenters. The van der Waals surface area contributed by atoms with E-state index in [0.29, 0.717) is 33.6 Å². The number of nitro benzene ring substituents is 1. The number of halogens is 1. The van der Waals surface area contributed by atoms with Crippen molar-refractivity contribution in [3.8, 4) is 5.75 Å². The number of hydrogen-bond donors (Lipinski definition) is 0. The first-order valence-corrected chi connectivity index (χ1v) is 12.7. The number of benzene rings is 4. The number of likely N-dealkylation sites (N-methyl/N-ethyl adjacent to an activating group) is 1. The molecule has 1 saturated heterocycles. The second-order valence-corrected chi connectivity index (χ2v) is 9.45. The highest BCUT2D eigenvalue weighted by atomic mass is 32.2. The molecule has 38 heavy (non-hydrogen) atoms. The first kappa shape index (κ1) is 25.2. The highest BCUT2D eigenvalue weighted by molar-refractivity contribution is 8.18. The summed E-state index contributed by atoms with van der Waals surface area (Å²) in [6.07, 6.45) is 1.80. The molecular formula is C29H22FN3O4S. The molecule has 9 heteroatoms. The smallest absolute Gasteiger partial charge is 0.269 e. The molecule has 190 valence electrons. The van der Waals surface area contributed by atoms with Gasteiger partial charge in [-0.2, -0.15) is 0 Å². The third-order valence-electron chi connectivity index (χ3n) is 5.98. The van der Waals surface area contributed by atoms with Gasteiger partial charge in [0, 0.05) is 24.2 Å². The molecule has 4 aromatic carbocycles. The molecule has 0 aliphatic carbocycles. The van der Waals surface area contributed by atoms with Crippen LogP contribution in [-0.2, 0) is 11.4 Å². The Kier molecular flexibility index (Phi) is 7.19. The van der Waals surface area contributed by atoms with E-state index < -0.39 is 4.92 Å². The first-order valence-electron chi connectivity index (χ1n) is 11.9. The Balaban J connectivity index is 1.51. The molecule has 1 fully saturated rings. The topological polar surface area (TPSA) is 85.0 Å². The SMILES string of the molecule is CCN1C(=O)/C(=C\c2c(OCc3cccc([N+](=O)[O-])c3)ccc3ccccc23)SC1=Nc1ccc(F)cc1. The normalized spacial score (nSPS) is 15.5. The predicted molar refractivity (Wildman–Crippen MR) is 148 cm³/mol. The minimum atomic E-state index is -0.442. The standard InChI is InChI=1S/C29H22FN3O4S/c1-2-32-28(34)27(38-29(32)31-22-13-11-21(30)12-14-22)17-25-24-9-4-3-7-20(24)10-15-26(25)37-18-19-6-5-8-23(16-19)33(35)36/h3-17H,2,18H2,1H3/b27-17+,31-29?. The number of nitrogens with zero attached hydrogens (tertiary/aromatic N) is 3. The van der Waals surface area contributed by atoms with E-state index in [1.807, 2.05) is 43.3 Å². The number of carbonyl (C=O) groups excluding carboxylic acids is 1. The summed E-state index contributed by atoms with van der Waals surface area (Å²) in [5, 5.41) is 13.5. The van der Waals surface area contributed by atoms with Gasteiger partial charge in [0.1, 0.15) is 18.2 Å². The quantitative estimate of drug-likeness (QED) is 0.146. The summed E-state index contributed by atoms with van der Waals surface area (Å²) in [6, 6.07) is 23.6. The maximum Gasteiger partial charge on any atom is 0.269 e. The van der Waals surface area contributed by atoms with E-state index >= 15 is 0 Å². The molecule has 0 spiro atoms. The van der Waals surface area contributed by atoms with Gasteiger partial charge in [-0.05, 0) is 71.4 Å². The van der Waals surface area contributed by atoms with Gasteiger partial charge in [-0.3, -0.25) is 19.8 Å². The van der Waals surface area contributed by atoms with Gasteiger partial charge in [0.05, 0.1) is 15.5 Å². The van der Waals surface area contributed by atoms with Crippen LogP contribution in [0.3, 0.4) is 0 Å². The van der Waals surface area contributed by atoms with Gasteiger partial charge >= 0.3 is 0 Å². The van der Waals surface area contributed by atoms with Crippen molar-refractivity contribution in [3.63, 3.8) is 0 Å². The summed E-state index contributed by atoms with van der Waals surface area (Å²) < 4.78 is 19.5. The fourth-order valence-corrected chi connectivity index (χ4v) is 5.14. The van der Waals surface area contributed by atoms with Crippen molar-refractivity contribution in [1.29, 1.82) is 0 Å². The molecular weight excluding hydrogens is 505 g/mol. The minimum absolute atomic E-state index is 0.00691. The molecule has 1 aliphatic rings. The molecule has 0 saturated carbocycles. The van der Waals surface area contributed by atoms with Crippen molar-refractivity contribution < 1.29 is 18.8 Å². The number of aliphatic imine (C=N–C) groups is 1. The lowest BCUT2D eigenvalue weighted by atomic mass is 10.0. The van der Waals surface area contributed by atoms with E-state index in [1.54, 1.807) is 35.2 Å². The number of non-ortho nitro benzene ring substituents is 1. The Hall–Kier alpha value is -4.50. The van der Waals surface area contributed by atoms with Crippen molar-refractivity contribution in [2.45, 2.75) is 13.5 Å². The van der Waals surface area contributed by atoms with Gasteiger partial charge in [-0.25, -0.2) is 9.38 Å². The van der Waals surface area contributed by atoms with E-state index in [1.165, 1.54) is 36.0 Å². The van der Waals surface area contributed by atoms with Crippen molar-refractivity contribution in [3.05, 3.63) is 117 Å². The van der Waals surface area contributed by atoms with Gasteiger partial charge in [-0.1, -0.05) is 42.5 Å². The van der Waals surface area contributed by atoms with Crippen LogP contribution in [0.1, 0.15) is 18.1 Å².